The van der Waals surface area contributed by atoms with E-state index in [1.165, 1.54) is 11.9 Å². The van der Waals surface area contributed by atoms with Crippen LogP contribution in [0, 0.1) is 10.8 Å². The van der Waals surface area contributed by atoms with Gasteiger partial charge in [-0.3, -0.25) is 4.79 Å². The minimum Gasteiger partial charge on any atom is -0.290 e. The van der Waals surface area contributed by atoms with E-state index in [1.54, 1.807) is 12.2 Å². The van der Waals surface area contributed by atoms with E-state index in [0.717, 1.165) is 21.8 Å². The SMILES string of the molecule is CC(C)(C)C1=CC(=O)C=C(C(C)(C)C)C1=NSc1ccc(Cl)cc1. The zero-order chi connectivity index (χ0) is 18.1. The van der Waals surface area contributed by atoms with E-state index in [2.05, 4.69) is 41.5 Å². The van der Waals surface area contributed by atoms with E-state index < -0.39 is 0 Å². The Morgan fingerprint density at radius 1 is 0.875 bits per heavy atom. The summed E-state index contributed by atoms with van der Waals surface area (Å²) in [5, 5.41) is 0.709. The van der Waals surface area contributed by atoms with E-state index in [9.17, 15) is 4.79 Å². The molecule has 0 heterocycles. The molecular formula is C20H24ClNOS. The van der Waals surface area contributed by atoms with Crippen LogP contribution in [0.3, 0.4) is 0 Å². The maximum absolute atomic E-state index is 12.2. The first kappa shape index (κ1) is 19.0. The van der Waals surface area contributed by atoms with E-state index in [-0.39, 0.29) is 16.6 Å². The number of benzene rings is 1. The monoisotopic (exact) mass is 361 g/mol. The zero-order valence-electron chi connectivity index (χ0n) is 15.1. The third-order valence-electron chi connectivity index (χ3n) is 3.76. The highest BCUT2D eigenvalue weighted by atomic mass is 35.5. The van der Waals surface area contributed by atoms with Crippen molar-refractivity contribution in [2.45, 2.75) is 46.4 Å². The van der Waals surface area contributed by atoms with Gasteiger partial charge in [-0.25, -0.2) is 4.40 Å². The lowest BCUT2D eigenvalue weighted by Crippen LogP contribution is -2.29. The lowest BCUT2D eigenvalue weighted by Gasteiger charge is -2.33. The van der Waals surface area contributed by atoms with E-state index in [4.69, 9.17) is 16.0 Å². The maximum atomic E-state index is 12.2. The number of carbonyl (C=O) groups is 1. The molecule has 1 aromatic rings. The van der Waals surface area contributed by atoms with Gasteiger partial charge >= 0.3 is 0 Å². The molecule has 0 saturated carbocycles. The van der Waals surface area contributed by atoms with Gasteiger partial charge in [0, 0.05) is 21.9 Å². The molecule has 128 valence electrons. The number of halogens is 1. The van der Waals surface area contributed by atoms with Crippen molar-refractivity contribution in [3.05, 3.63) is 52.6 Å². The molecule has 0 atom stereocenters. The standard InChI is InChI=1S/C20H24ClNOS/c1-19(2,3)16-11-14(23)12-17(20(4,5)6)18(16)22-24-15-9-7-13(21)8-10-15/h7-12H,1-6H3. The van der Waals surface area contributed by atoms with Crippen molar-refractivity contribution in [2.24, 2.45) is 15.2 Å². The fourth-order valence-electron chi connectivity index (χ4n) is 2.44. The van der Waals surface area contributed by atoms with Crippen LogP contribution in [-0.4, -0.2) is 11.5 Å². The van der Waals surface area contributed by atoms with Gasteiger partial charge < -0.3 is 0 Å². The van der Waals surface area contributed by atoms with Crippen LogP contribution in [0.5, 0.6) is 0 Å². The minimum absolute atomic E-state index is 0.0419. The molecule has 0 unspecified atom stereocenters. The summed E-state index contributed by atoms with van der Waals surface area (Å²) in [4.78, 5) is 13.2. The van der Waals surface area contributed by atoms with Crippen LogP contribution in [-0.2, 0) is 4.79 Å². The summed E-state index contributed by atoms with van der Waals surface area (Å²) in [6.07, 6.45) is 3.44. The molecule has 2 nitrogen and oxygen atoms in total. The second-order valence-corrected chi connectivity index (χ2v) is 9.28. The molecule has 0 radical (unpaired) electrons. The smallest absolute Gasteiger partial charge is 0.179 e. The number of hydrogen-bond donors (Lipinski definition) is 0. The Hall–Kier alpha value is -1.32. The largest absolute Gasteiger partial charge is 0.290 e. The van der Waals surface area contributed by atoms with Crippen molar-refractivity contribution in [1.29, 1.82) is 0 Å². The van der Waals surface area contributed by atoms with E-state index in [1.807, 2.05) is 24.3 Å². The molecule has 0 aliphatic heterocycles. The summed E-state index contributed by atoms with van der Waals surface area (Å²) in [5.74, 6) is 0.0419. The number of carbonyl (C=O) groups excluding carboxylic acids is 1. The van der Waals surface area contributed by atoms with Crippen molar-refractivity contribution in [1.82, 2.24) is 0 Å². The zero-order valence-corrected chi connectivity index (χ0v) is 16.7. The van der Waals surface area contributed by atoms with Crippen molar-refractivity contribution in [3.8, 4) is 0 Å². The third-order valence-corrected chi connectivity index (χ3v) is 4.76. The van der Waals surface area contributed by atoms with Gasteiger partial charge in [0.1, 0.15) is 0 Å². The van der Waals surface area contributed by atoms with Crippen molar-refractivity contribution in [2.75, 3.05) is 0 Å². The Morgan fingerprint density at radius 2 is 1.33 bits per heavy atom. The molecule has 0 fully saturated rings. The highest BCUT2D eigenvalue weighted by Crippen LogP contribution is 2.39. The molecule has 0 spiro atoms. The molecule has 0 N–H and O–H groups in total. The average Bonchev–Trinajstić information content (AvgIpc) is 2.45. The molecule has 0 bridgehead atoms. The van der Waals surface area contributed by atoms with Gasteiger partial charge in [-0.2, -0.15) is 0 Å². The Labute approximate surface area is 154 Å². The molecular weight excluding hydrogens is 338 g/mol. The van der Waals surface area contributed by atoms with Gasteiger partial charge in [0.25, 0.3) is 0 Å². The quantitative estimate of drug-likeness (QED) is 0.456. The normalized spacial score (nSPS) is 16.0. The Balaban J connectivity index is 2.47. The van der Waals surface area contributed by atoms with Gasteiger partial charge in [0.05, 0.1) is 5.71 Å². The highest BCUT2D eigenvalue weighted by molar-refractivity contribution is 7.98. The summed E-state index contributed by atoms with van der Waals surface area (Å²) in [6.45, 7) is 12.7. The van der Waals surface area contributed by atoms with Gasteiger partial charge in [-0.05, 0) is 58.4 Å². The summed E-state index contributed by atoms with van der Waals surface area (Å²) >= 11 is 7.35. The van der Waals surface area contributed by atoms with Crippen LogP contribution < -0.4 is 0 Å². The molecule has 2 rings (SSSR count). The van der Waals surface area contributed by atoms with Crippen LogP contribution in [0.1, 0.15) is 41.5 Å². The molecule has 0 aromatic heterocycles. The minimum atomic E-state index is -0.153. The molecule has 24 heavy (non-hydrogen) atoms. The molecule has 4 heteroatoms. The van der Waals surface area contributed by atoms with E-state index >= 15 is 0 Å². The maximum Gasteiger partial charge on any atom is 0.179 e. The predicted octanol–water partition coefficient (Wildman–Crippen LogP) is 6.32. The third kappa shape index (κ3) is 4.61. The first-order valence-electron chi connectivity index (χ1n) is 7.98. The fraction of sp³-hybridized carbons (Fsp3) is 0.400. The summed E-state index contributed by atoms with van der Waals surface area (Å²) in [5.41, 5.74) is 2.58. The fourth-order valence-corrected chi connectivity index (χ4v) is 3.22. The first-order valence-corrected chi connectivity index (χ1v) is 9.13. The lowest BCUT2D eigenvalue weighted by molar-refractivity contribution is -0.110. The van der Waals surface area contributed by atoms with Crippen LogP contribution in [0.15, 0.2) is 56.9 Å². The molecule has 0 amide bonds. The van der Waals surface area contributed by atoms with Crippen molar-refractivity contribution in [3.63, 3.8) is 0 Å². The highest BCUT2D eigenvalue weighted by Gasteiger charge is 2.33. The number of rotatable bonds is 2. The number of allylic oxidation sites excluding steroid dienone is 4. The van der Waals surface area contributed by atoms with Crippen LogP contribution in [0.4, 0.5) is 0 Å². The molecule has 0 saturated heterocycles. The molecule has 1 aliphatic carbocycles. The first-order chi connectivity index (χ1) is 11.0. The average molecular weight is 362 g/mol. The van der Waals surface area contributed by atoms with E-state index in [0.29, 0.717) is 5.02 Å². The summed E-state index contributed by atoms with van der Waals surface area (Å²) < 4.78 is 4.81. The predicted molar refractivity (Wildman–Crippen MR) is 105 cm³/mol. The number of ketones is 1. The topological polar surface area (TPSA) is 29.4 Å². The second-order valence-electron chi connectivity index (χ2n) is 8.00. The second kappa shape index (κ2) is 6.89. The lowest BCUT2D eigenvalue weighted by atomic mass is 9.72. The van der Waals surface area contributed by atoms with Gasteiger partial charge in [-0.1, -0.05) is 53.1 Å². The van der Waals surface area contributed by atoms with Crippen LogP contribution in [0.2, 0.25) is 5.02 Å². The van der Waals surface area contributed by atoms with Gasteiger partial charge in [-0.15, -0.1) is 0 Å². The van der Waals surface area contributed by atoms with Crippen LogP contribution in [0.25, 0.3) is 0 Å². The number of nitrogens with zero attached hydrogens (tertiary/aromatic N) is 1. The summed E-state index contributed by atoms with van der Waals surface area (Å²) in [6, 6.07) is 7.61. The van der Waals surface area contributed by atoms with Crippen molar-refractivity contribution >= 4 is 35.0 Å². The summed E-state index contributed by atoms with van der Waals surface area (Å²) in [7, 11) is 0. The van der Waals surface area contributed by atoms with Gasteiger partial charge in [0.15, 0.2) is 5.78 Å². The van der Waals surface area contributed by atoms with Crippen molar-refractivity contribution < 1.29 is 4.79 Å². The molecule has 1 aliphatic rings. The number of hydrogen-bond acceptors (Lipinski definition) is 3. The van der Waals surface area contributed by atoms with Gasteiger partial charge in [0.2, 0.25) is 0 Å². The van der Waals surface area contributed by atoms with Crippen LogP contribution >= 0.6 is 23.5 Å². The Bertz CT molecular complexity index is 692. The molecule has 1 aromatic carbocycles. The Morgan fingerprint density at radius 3 is 1.75 bits per heavy atom. The Kier molecular flexibility index (Phi) is 5.46.